The Morgan fingerprint density at radius 2 is 1.71 bits per heavy atom. The zero-order chi connectivity index (χ0) is 25.1. The summed E-state index contributed by atoms with van der Waals surface area (Å²) < 4.78 is 5.33. The smallest absolute Gasteiger partial charge is 0.408 e. The SMILES string of the molecule is CCCCCN(C(=O)C(C)NC(=O)OC(C)(C)C)C(C(=O)NC1CCCCC1)c1ccccc1. The maximum atomic E-state index is 13.6. The van der Waals surface area contributed by atoms with Crippen LogP contribution in [0.5, 0.6) is 0 Å². The Balaban J connectivity index is 2.28. The lowest BCUT2D eigenvalue weighted by atomic mass is 9.94. The summed E-state index contributed by atoms with van der Waals surface area (Å²) in [5, 5.41) is 5.86. The fourth-order valence-electron chi connectivity index (χ4n) is 4.33. The molecule has 3 amide bonds. The predicted molar refractivity (Wildman–Crippen MR) is 134 cm³/mol. The number of unbranched alkanes of at least 4 members (excludes halogenated alkanes) is 2. The Morgan fingerprint density at radius 1 is 1.06 bits per heavy atom. The van der Waals surface area contributed by atoms with Gasteiger partial charge in [-0.05, 0) is 52.5 Å². The summed E-state index contributed by atoms with van der Waals surface area (Å²) in [6.45, 7) is 9.50. The first-order valence-electron chi connectivity index (χ1n) is 12.8. The molecular formula is C27H43N3O4. The van der Waals surface area contributed by atoms with Gasteiger partial charge < -0.3 is 20.3 Å². The van der Waals surface area contributed by atoms with Gasteiger partial charge in [0.25, 0.3) is 0 Å². The number of carbonyl (C=O) groups excluding carboxylic acids is 3. The zero-order valence-electron chi connectivity index (χ0n) is 21.6. The molecular weight excluding hydrogens is 430 g/mol. The molecule has 1 fully saturated rings. The van der Waals surface area contributed by atoms with E-state index in [9.17, 15) is 14.4 Å². The van der Waals surface area contributed by atoms with E-state index in [1.165, 1.54) is 6.42 Å². The molecule has 1 aromatic rings. The lowest BCUT2D eigenvalue weighted by Gasteiger charge is -2.35. The molecule has 0 aromatic heterocycles. The van der Waals surface area contributed by atoms with E-state index >= 15 is 0 Å². The standard InChI is InChI=1S/C27H43N3O4/c1-6-7-14-19-30(25(32)20(2)28-26(33)34-27(3,4)5)23(21-15-10-8-11-16-21)24(31)29-22-17-12-9-13-18-22/h8,10-11,15-16,20,22-23H,6-7,9,12-14,17-19H2,1-5H3,(H,28,33)(H,29,31). The summed E-state index contributed by atoms with van der Waals surface area (Å²) in [7, 11) is 0. The minimum absolute atomic E-state index is 0.136. The van der Waals surface area contributed by atoms with Crippen molar-refractivity contribution in [3.63, 3.8) is 0 Å². The van der Waals surface area contributed by atoms with E-state index in [1.807, 2.05) is 30.3 Å². The highest BCUT2D eigenvalue weighted by Crippen LogP contribution is 2.25. The number of ether oxygens (including phenoxy) is 1. The Labute approximate surface area is 205 Å². The summed E-state index contributed by atoms with van der Waals surface area (Å²) in [5.41, 5.74) is 0.102. The highest BCUT2D eigenvalue weighted by atomic mass is 16.6. The number of nitrogens with one attached hydrogen (secondary N) is 2. The second-order valence-electron chi connectivity index (χ2n) is 10.3. The molecule has 190 valence electrons. The molecule has 1 aliphatic rings. The number of hydrogen-bond donors (Lipinski definition) is 2. The number of hydrogen-bond acceptors (Lipinski definition) is 4. The van der Waals surface area contributed by atoms with Crippen LogP contribution in [0.3, 0.4) is 0 Å². The van der Waals surface area contributed by atoms with E-state index in [0.717, 1.165) is 50.5 Å². The number of benzene rings is 1. The molecule has 1 aliphatic carbocycles. The third-order valence-corrected chi connectivity index (χ3v) is 6.02. The van der Waals surface area contributed by atoms with Crippen LogP contribution in [0.15, 0.2) is 30.3 Å². The molecule has 0 aliphatic heterocycles. The fourth-order valence-corrected chi connectivity index (χ4v) is 4.33. The fraction of sp³-hybridized carbons (Fsp3) is 0.667. The Hall–Kier alpha value is -2.57. The first-order chi connectivity index (χ1) is 16.1. The highest BCUT2D eigenvalue weighted by Gasteiger charge is 2.35. The van der Waals surface area contributed by atoms with Crippen LogP contribution in [0.25, 0.3) is 0 Å². The molecule has 7 nitrogen and oxygen atoms in total. The third kappa shape index (κ3) is 8.99. The van der Waals surface area contributed by atoms with Crippen LogP contribution < -0.4 is 10.6 Å². The van der Waals surface area contributed by atoms with Gasteiger partial charge in [0.1, 0.15) is 17.7 Å². The summed E-state index contributed by atoms with van der Waals surface area (Å²) in [6, 6.07) is 7.99. The first-order valence-corrected chi connectivity index (χ1v) is 12.8. The van der Waals surface area contributed by atoms with Gasteiger partial charge in [-0.15, -0.1) is 0 Å². The van der Waals surface area contributed by atoms with Crippen molar-refractivity contribution in [1.29, 1.82) is 0 Å². The summed E-state index contributed by atoms with van der Waals surface area (Å²) in [5.74, 6) is -0.456. The second-order valence-corrected chi connectivity index (χ2v) is 10.3. The van der Waals surface area contributed by atoms with E-state index in [2.05, 4.69) is 17.6 Å². The van der Waals surface area contributed by atoms with E-state index in [4.69, 9.17) is 4.74 Å². The van der Waals surface area contributed by atoms with Crippen molar-refractivity contribution in [3.8, 4) is 0 Å². The molecule has 2 atom stereocenters. The normalized spacial score (nSPS) is 16.3. The van der Waals surface area contributed by atoms with E-state index < -0.39 is 23.8 Å². The summed E-state index contributed by atoms with van der Waals surface area (Å²) in [4.78, 5) is 41.2. The average molecular weight is 474 g/mol. The van der Waals surface area contributed by atoms with Crippen LogP contribution >= 0.6 is 0 Å². The quantitative estimate of drug-likeness (QED) is 0.462. The van der Waals surface area contributed by atoms with Gasteiger partial charge >= 0.3 is 6.09 Å². The summed E-state index contributed by atoms with van der Waals surface area (Å²) in [6.07, 6.45) is 7.42. The Kier molecular flexibility index (Phi) is 10.9. The van der Waals surface area contributed by atoms with Crippen LogP contribution in [0.1, 0.15) is 97.6 Å². The largest absolute Gasteiger partial charge is 0.444 e. The summed E-state index contributed by atoms with van der Waals surface area (Å²) >= 11 is 0. The molecule has 1 aromatic carbocycles. The number of nitrogens with zero attached hydrogens (tertiary/aromatic N) is 1. The number of rotatable bonds is 10. The third-order valence-electron chi connectivity index (χ3n) is 6.02. The Bertz CT molecular complexity index is 785. The van der Waals surface area contributed by atoms with Gasteiger partial charge in [0.05, 0.1) is 0 Å². The van der Waals surface area contributed by atoms with Gasteiger partial charge in [-0.2, -0.15) is 0 Å². The number of alkyl carbamates (subject to hydrolysis) is 1. The monoisotopic (exact) mass is 473 g/mol. The lowest BCUT2D eigenvalue weighted by Crippen LogP contribution is -2.53. The molecule has 0 spiro atoms. The predicted octanol–water partition coefficient (Wildman–Crippen LogP) is 5.11. The first kappa shape index (κ1) is 27.7. The number of carbonyl (C=O) groups is 3. The lowest BCUT2D eigenvalue weighted by molar-refractivity contribution is -0.142. The molecule has 0 heterocycles. The van der Waals surface area contributed by atoms with Crippen molar-refractivity contribution in [2.75, 3.05) is 6.54 Å². The maximum absolute atomic E-state index is 13.6. The highest BCUT2D eigenvalue weighted by molar-refractivity contribution is 5.92. The van der Waals surface area contributed by atoms with Gasteiger partial charge in [0.15, 0.2) is 0 Å². The van der Waals surface area contributed by atoms with Crippen LogP contribution in [0.4, 0.5) is 4.79 Å². The maximum Gasteiger partial charge on any atom is 0.408 e. The van der Waals surface area contributed by atoms with E-state index in [0.29, 0.717) is 6.54 Å². The van der Waals surface area contributed by atoms with Gasteiger partial charge in [-0.3, -0.25) is 9.59 Å². The van der Waals surface area contributed by atoms with Crippen molar-refractivity contribution in [2.45, 2.75) is 110 Å². The van der Waals surface area contributed by atoms with Gasteiger partial charge in [0, 0.05) is 12.6 Å². The minimum atomic E-state index is -0.829. The molecule has 0 saturated heterocycles. The van der Waals surface area contributed by atoms with Crippen LogP contribution in [-0.2, 0) is 14.3 Å². The van der Waals surface area contributed by atoms with Crippen LogP contribution in [-0.4, -0.2) is 47.0 Å². The molecule has 0 bridgehead atoms. The van der Waals surface area contributed by atoms with Gasteiger partial charge in [-0.1, -0.05) is 69.4 Å². The molecule has 2 unspecified atom stereocenters. The molecule has 34 heavy (non-hydrogen) atoms. The van der Waals surface area contributed by atoms with Crippen LogP contribution in [0.2, 0.25) is 0 Å². The van der Waals surface area contributed by atoms with Crippen molar-refractivity contribution in [3.05, 3.63) is 35.9 Å². The van der Waals surface area contributed by atoms with Gasteiger partial charge in [0.2, 0.25) is 11.8 Å². The van der Waals surface area contributed by atoms with Gasteiger partial charge in [-0.25, -0.2) is 4.79 Å². The molecule has 1 saturated carbocycles. The van der Waals surface area contributed by atoms with Crippen molar-refractivity contribution in [1.82, 2.24) is 15.5 Å². The molecule has 0 radical (unpaired) electrons. The van der Waals surface area contributed by atoms with E-state index in [1.54, 1.807) is 32.6 Å². The van der Waals surface area contributed by atoms with Crippen molar-refractivity contribution < 1.29 is 19.1 Å². The topological polar surface area (TPSA) is 87.7 Å². The van der Waals surface area contributed by atoms with E-state index in [-0.39, 0.29) is 17.9 Å². The van der Waals surface area contributed by atoms with Crippen molar-refractivity contribution >= 4 is 17.9 Å². The molecule has 2 rings (SSSR count). The average Bonchev–Trinajstić information content (AvgIpc) is 2.78. The Morgan fingerprint density at radius 3 is 2.29 bits per heavy atom. The molecule has 7 heteroatoms. The number of amides is 3. The van der Waals surface area contributed by atoms with Crippen LogP contribution in [0, 0.1) is 0 Å². The van der Waals surface area contributed by atoms with Crippen molar-refractivity contribution in [2.24, 2.45) is 0 Å². The molecule has 2 N–H and O–H groups in total. The zero-order valence-corrected chi connectivity index (χ0v) is 21.6. The minimum Gasteiger partial charge on any atom is -0.444 e. The second kappa shape index (κ2) is 13.4.